The summed E-state index contributed by atoms with van der Waals surface area (Å²) in [6, 6.07) is 8.50. The van der Waals surface area contributed by atoms with Gasteiger partial charge in [-0.2, -0.15) is 4.31 Å². The third-order valence-electron chi connectivity index (χ3n) is 7.11. The number of fused-ring (bicyclic) bond motifs is 1. The van der Waals surface area contributed by atoms with Gasteiger partial charge in [0.15, 0.2) is 0 Å². The second-order valence-electron chi connectivity index (χ2n) is 9.55. The van der Waals surface area contributed by atoms with Gasteiger partial charge >= 0.3 is 0 Å². The number of rotatable bonds is 6. The second kappa shape index (κ2) is 8.76. The smallest absolute Gasteiger partial charge is 0.270 e. The first-order valence-electron chi connectivity index (χ1n) is 11.7. The van der Waals surface area contributed by atoms with Crippen LogP contribution in [0.25, 0.3) is 0 Å². The summed E-state index contributed by atoms with van der Waals surface area (Å²) < 4.78 is 27.9. The molecule has 2 amide bonds. The summed E-state index contributed by atoms with van der Waals surface area (Å²) >= 11 is 5.89. The fourth-order valence-electron chi connectivity index (χ4n) is 5.13. The Morgan fingerprint density at radius 3 is 2.46 bits per heavy atom. The Hall–Kier alpha value is -2.69. The van der Waals surface area contributed by atoms with Crippen LogP contribution in [0.5, 0.6) is 0 Å². The normalized spacial score (nSPS) is 20.5. The molecule has 2 fully saturated rings. The fraction of sp³-hybridized carbons (Fsp3) is 0.458. The molecule has 3 heterocycles. The zero-order valence-electron chi connectivity index (χ0n) is 19.4. The van der Waals surface area contributed by atoms with Gasteiger partial charge in [0, 0.05) is 37.7 Å². The molecule has 0 atom stereocenters. The molecule has 2 aliphatic heterocycles. The molecular formula is C24H27ClN4O5S. The van der Waals surface area contributed by atoms with Gasteiger partial charge in [0.2, 0.25) is 10.0 Å². The molecule has 35 heavy (non-hydrogen) atoms. The summed E-state index contributed by atoms with van der Waals surface area (Å²) in [4.78, 5) is 41.0. The Balaban J connectivity index is 1.34. The highest BCUT2D eigenvalue weighted by Gasteiger charge is 2.55. The highest BCUT2D eigenvalue weighted by atomic mass is 35.5. The fourth-order valence-corrected chi connectivity index (χ4v) is 7.21. The van der Waals surface area contributed by atoms with E-state index >= 15 is 0 Å². The van der Waals surface area contributed by atoms with E-state index in [1.807, 2.05) is 0 Å². The molecular weight excluding hydrogens is 492 g/mol. The van der Waals surface area contributed by atoms with Gasteiger partial charge in [0.1, 0.15) is 11.3 Å². The van der Waals surface area contributed by atoms with E-state index in [1.54, 1.807) is 40.4 Å². The molecule has 1 aromatic carbocycles. The van der Waals surface area contributed by atoms with Crippen LogP contribution in [-0.4, -0.2) is 64.9 Å². The second-order valence-corrected chi connectivity index (χ2v) is 12.0. The van der Waals surface area contributed by atoms with Crippen molar-refractivity contribution >= 4 is 33.4 Å². The van der Waals surface area contributed by atoms with Crippen molar-refractivity contribution in [1.82, 2.24) is 19.1 Å². The van der Waals surface area contributed by atoms with Gasteiger partial charge in [0.25, 0.3) is 17.4 Å². The predicted molar refractivity (Wildman–Crippen MR) is 131 cm³/mol. The number of hydrogen-bond donors (Lipinski definition) is 1. The Labute approximate surface area is 208 Å². The minimum absolute atomic E-state index is 0.0108. The number of benzene rings is 1. The third kappa shape index (κ3) is 4.39. The van der Waals surface area contributed by atoms with Crippen molar-refractivity contribution in [3.63, 3.8) is 0 Å². The number of carbonyl (C=O) groups excluding carboxylic acids is 2. The van der Waals surface area contributed by atoms with Gasteiger partial charge in [0.05, 0.1) is 11.3 Å². The topological polar surface area (TPSA) is 109 Å². The molecule has 0 spiro atoms. The number of sulfonamides is 1. The van der Waals surface area contributed by atoms with Crippen LogP contribution in [-0.2, 0) is 23.1 Å². The van der Waals surface area contributed by atoms with E-state index in [1.165, 1.54) is 10.6 Å². The minimum atomic E-state index is -3.28. The molecule has 5 rings (SSSR count). The van der Waals surface area contributed by atoms with Gasteiger partial charge in [-0.05, 0) is 55.5 Å². The summed E-state index contributed by atoms with van der Waals surface area (Å²) in [6.07, 6.45) is 2.07. The number of pyridine rings is 1. The molecule has 1 saturated carbocycles. The molecule has 0 bridgehead atoms. The first-order chi connectivity index (χ1) is 16.6. The SMILES string of the molecule is Cc1cc(C(=O)NCc2ccc(Cl)cc2)c(=O)n2c1C(=O)N(CC1(N3CCCS3(=O)=O)CC1)CC2. The van der Waals surface area contributed by atoms with Crippen molar-refractivity contribution in [3.8, 4) is 0 Å². The highest BCUT2D eigenvalue weighted by molar-refractivity contribution is 7.89. The lowest BCUT2D eigenvalue weighted by Crippen LogP contribution is -2.53. The van der Waals surface area contributed by atoms with Crippen LogP contribution in [0.3, 0.4) is 0 Å². The molecule has 1 aromatic heterocycles. The van der Waals surface area contributed by atoms with Gasteiger partial charge < -0.3 is 14.8 Å². The van der Waals surface area contributed by atoms with Crippen molar-refractivity contribution in [2.24, 2.45) is 0 Å². The third-order valence-corrected chi connectivity index (χ3v) is 9.41. The Morgan fingerprint density at radius 2 is 1.83 bits per heavy atom. The monoisotopic (exact) mass is 518 g/mol. The van der Waals surface area contributed by atoms with Crippen molar-refractivity contribution in [3.05, 3.63) is 68.1 Å². The summed E-state index contributed by atoms with van der Waals surface area (Å²) in [5.41, 5.74) is 0.601. The van der Waals surface area contributed by atoms with E-state index in [-0.39, 0.29) is 42.6 Å². The first kappa shape index (κ1) is 24.0. The van der Waals surface area contributed by atoms with Gasteiger partial charge in [-0.3, -0.25) is 14.4 Å². The molecule has 3 aliphatic rings. The Bertz CT molecular complexity index is 1370. The molecule has 0 unspecified atom stereocenters. The average molecular weight is 519 g/mol. The highest BCUT2D eigenvalue weighted by Crippen LogP contribution is 2.46. The Kier molecular flexibility index (Phi) is 6.01. The Morgan fingerprint density at radius 1 is 1.11 bits per heavy atom. The zero-order chi connectivity index (χ0) is 25.0. The van der Waals surface area contributed by atoms with E-state index in [2.05, 4.69) is 5.32 Å². The molecule has 0 radical (unpaired) electrons. The van der Waals surface area contributed by atoms with Crippen LogP contribution in [0.1, 0.15) is 51.2 Å². The van der Waals surface area contributed by atoms with E-state index in [9.17, 15) is 22.8 Å². The number of nitrogens with zero attached hydrogens (tertiary/aromatic N) is 3. The number of halogens is 1. The van der Waals surface area contributed by atoms with Crippen molar-refractivity contribution < 1.29 is 18.0 Å². The van der Waals surface area contributed by atoms with E-state index in [4.69, 9.17) is 11.6 Å². The van der Waals surface area contributed by atoms with Crippen LogP contribution >= 0.6 is 11.6 Å². The van der Waals surface area contributed by atoms with E-state index in [0.29, 0.717) is 30.1 Å². The average Bonchev–Trinajstić information content (AvgIpc) is 3.50. The zero-order valence-corrected chi connectivity index (χ0v) is 21.0. The van der Waals surface area contributed by atoms with Gasteiger partial charge in [-0.25, -0.2) is 8.42 Å². The van der Waals surface area contributed by atoms with Crippen LogP contribution in [0.4, 0.5) is 0 Å². The lowest BCUT2D eigenvalue weighted by Gasteiger charge is -2.36. The van der Waals surface area contributed by atoms with E-state index in [0.717, 1.165) is 18.4 Å². The molecule has 9 nitrogen and oxygen atoms in total. The van der Waals surface area contributed by atoms with Crippen LogP contribution in [0, 0.1) is 6.92 Å². The minimum Gasteiger partial charge on any atom is -0.348 e. The van der Waals surface area contributed by atoms with Crippen LogP contribution in [0.15, 0.2) is 35.1 Å². The molecule has 1 saturated heterocycles. The maximum absolute atomic E-state index is 13.4. The number of aryl methyl sites for hydroxylation is 1. The lowest BCUT2D eigenvalue weighted by molar-refractivity contribution is 0.0645. The molecule has 2 aromatic rings. The maximum Gasteiger partial charge on any atom is 0.270 e. The number of aromatic nitrogens is 1. The molecule has 186 valence electrons. The van der Waals surface area contributed by atoms with Crippen LogP contribution in [0.2, 0.25) is 5.02 Å². The summed E-state index contributed by atoms with van der Waals surface area (Å²) in [5, 5.41) is 3.35. The predicted octanol–water partition coefficient (Wildman–Crippen LogP) is 1.76. The summed E-state index contributed by atoms with van der Waals surface area (Å²) in [5.74, 6) is -0.653. The van der Waals surface area contributed by atoms with Gasteiger partial charge in [-0.1, -0.05) is 23.7 Å². The van der Waals surface area contributed by atoms with Crippen molar-refractivity contribution in [2.75, 3.05) is 25.4 Å². The summed E-state index contributed by atoms with van der Waals surface area (Å²) in [6.45, 7) is 3.30. The molecule has 1 N–H and O–H groups in total. The standard InChI is InChI=1S/C24H27ClN4O5S/c1-16-13-19(21(30)26-14-17-3-5-18(25)6-4-17)22(31)28-11-10-27(23(32)20(16)28)15-24(7-8-24)29-9-2-12-35(29,33)34/h3-6,13H,2,7-12,14-15H2,1H3,(H,26,30). The first-order valence-corrected chi connectivity index (χ1v) is 13.7. The number of hydrogen-bond acceptors (Lipinski definition) is 5. The number of amides is 2. The molecule has 1 aliphatic carbocycles. The molecule has 11 heteroatoms. The van der Waals surface area contributed by atoms with Crippen molar-refractivity contribution in [1.29, 1.82) is 0 Å². The van der Waals surface area contributed by atoms with Gasteiger partial charge in [-0.15, -0.1) is 0 Å². The number of nitrogens with one attached hydrogen (secondary N) is 1. The van der Waals surface area contributed by atoms with E-state index < -0.39 is 27.0 Å². The number of carbonyl (C=O) groups is 2. The quantitative estimate of drug-likeness (QED) is 0.627. The summed E-state index contributed by atoms with van der Waals surface area (Å²) in [7, 11) is -3.28. The van der Waals surface area contributed by atoms with Crippen molar-refractivity contribution in [2.45, 2.75) is 44.8 Å². The largest absolute Gasteiger partial charge is 0.348 e. The van der Waals surface area contributed by atoms with Crippen LogP contribution < -0.4 is 10.9 Å². The maximum atomic E-state index is 13.4. The lowest BCUT2D eigenvalue weighted by atomic mass is 10.1.